The van der Waals surface area contributed by atoms with Crippen LogP contribution in [0.25, 0.3) is 0 Å². The number of unbranched alkanes of at least 4 members (excludes halogenated alkanes) is 3. The van der Waals surface area contributed by atoms with Gasteiger partial charge in [-0.2, -0.15) is 0 Å². The van der Waals surface area contributed by atoms with Gasteiger partial charge in [0, 0.05) is 6.54 Å². The van der Waals surface area contributed by atoms with Gasteiger partial charge in [0.05, 0.1) is 6.04 Å². The monoisotopic (exact) mass is 343 g/mol. The third kappa shape index (κ3) is 6.09. The molecule has 138 valence electrons. The average molecular weight is 343 g/mol. The Bertz CT molecular complexity index is 443. The number of rotatable bonds is 11. The van der Waals surface area contributed by atoms with Crippen molar-refractivity contribution in [3.8, 4) is 0 Å². The molecule has 1 fully saturated rings. The van der Waals surface area contributed by atoms with E-state index >= 15 is 0 Å². The zero-order chi connectivity index (χ0) is 18.1. The fourth-order valence-electron chi connectivity index (χ4n) is 3.03. The molecular weight excluding hydrogens is 314 g/mol. The zero-order valence-corrected chi connectivity index (χ0v) is 14.2. The van der Waals surface area contributed by atoms with Gasteiger partial charge in [-0.05, 0) is 39.2 Å². The summed E-state index contributed by atoms with van der Waals surface area (Å²) >= 11 is 0. The first kappa shape index (κ1) is 20.4. The number of carboxylic acids is 2. The van der Waals surface area contributed by atoms with Gasteiger partial charge in [0.25, 0.3) is 0 Å². The molecule has 0 aliphatic carbocycles. The molecule has 0 bridgehead atoms. The normalized spacial score (nSPS) is 19.9. The molecule has 1 aliphatic heterocycles. The minimum absolute atomic E-state index is 0.353. The molecule has 0 aromatic carbocycles. The standard InChI is InChI=1S/C16H29N3O5/c1-11(14(20)19-10-6-8-13(19)16(23)24)18-12(15(21)22)7-4-2-3-5-9-17/h11-13,18H,2-10,17H2,1H3,(H,21,22)(H,23,24)/t11-,12+,13-/m0/s1. The highest BCUT2D eigenvalue weighted by molar-refractivity contribution is 5.88. The van der Waals surface area contributed by atoms with Crippen molar-refractivity contribution in [2.45, 2.75) is 70.0 Å². The van der Waals surface area contributed by atoms with Crippen LogP contribution >= 0.6 is 0 Å². The number of nitrogens with zero attached hydrogens (tertiary/aromatic N) is 1. The van der Waals surface area contributed by atoms with Crippen LogP contribution in [0.3, 0.4) is 0 Å². The predicted octanol–water partition coefficient (Wildman–Crippen LogP) is 0.403. The maximum Gasteiger partial charge on any atom is 0.326 e. The predicted molar refractivity (Wildman–Crippen MR) is 88.5 cm³/mol. The number of aliphatic carboxylic acids is 2. The van der Waals surface area contributed by atoms with Gasteiger partial charge in [-0.1, -0.05) is 19.3 Å². The summed E-state index contributed by atoms with van der Waals surface area (Å²) in [6.07, 6.45) is 5.05. The lowest BCUT2D eigenvalue weighted by molar-refractivity contribution is -0.149. The molecule has 1 amide bonds. The van der Waals surface area contributed by atoms with Crippen LogP contribution in [-0.2, 0) is 14.4 Å². The SMILES string of the molecule is C[C@H](N[C@H](CCCCCCN)C(=O)O)C(=O)N1CCC[C@H]1C(=O)O. The lowest BCUT2D eigenvalue weighted by Crippen LogP contribution is -2.53. The molecule has 8 heteroatoms. The first-order chi connectivity index (χ1) is 11.4. The quantitative estimate of drug-likeness (QED) is 0.399. The summed E-state index contributed by atoms with van der Waals surface area (Å²) in [7, 11) is 0. The first-order valence-electron chi connectivity index (χ1n) is 8.60. The molecule has 8 nitrogen and oxygen atoms in total. The van der Waals surface area contributed by atoms with Crippen molar-refractivity contribution in [2.24, 2.45) is 5.73 Å². The van der Waals surface area contributed by atoms with Crippen LogP contribution in [-0.4, -0.2) is 64.2 Å². The van der Waals surface area contributed by atoms with Crippen LogP contribution in [0.15, 0.2) is 0 Å². The number of carboxylic acid groups (broad SMARTS) is 2. The molecule has 3 atom stereocenters. The molecule has 24 heavy (non-hydrogen) atoms. The Kier molecular flexibility index (Phi) is 8.70. The molecule has 0 saturated carbocycles. The van der Waals surface area contributed by atoms with E-state index in [9.17, 15) is 19.5 Å². The molecular formula is C16H29N3O5. The maximum atomic E-state index is 12.4. The van der Waals surface area contributed by atoms with Crippen LogP contribution in [0, 0.1) is 0 Å². The summed E-state index contributed by atoms with van der Waals surface area (Å²) in [6.45, 7) is 2.62. The summed E-state index contributed by atoms with van der Waals surface area (Å²) in [6, 6.07) is -2.34. The fraction of sp³-hybridized carbons (Fsp3) is 0.812. The minimum Gasteiger partial charge on any atom is -0.480 e. The Morgan fingerprint density at radius 2 is 1.88 bits per heavy atom. The van der Waals surface area contributed by atoms with Gasteiger partial charge in [0.1, 0.15) is 12.1 Å². The van der Waals surface area contributed by atoms with Gasteiger partial charge >= 0.3 is 11.9 Å². The largest absolute Gasteiger partial charge is 0.480 e. The number of hydrogen-bond acceptors (Lipinski definition) is 5. The number of carbonyl (C=O) groups excluding carboxylic acids is 1. The number of likely N-dealkylation sites (tertiary alicyclic amines) is 1. The van der Waals surface area contributed by atoms with Crippen LogP contribution in [0.5, 0.6) is 0 Å². The van der Waals surface area contributed by atoms with E-state index in [2.05, 4.69) is 5.32 Å². The molecule has 5 N–H and O–H groups in total. The van der Waals surface area contributed by atoms with Crippen molar-refractivity contribution in [1.82, 2.24) is 10.2 Å². The Morgan fingerprint density at radius 1 is 1.21 bits per heavy atom. The Hall–Kier alpha value is -1.67. The highest BCUT2D eigenvalue weighted by Crippen LogP contribution is 2.18. The second-order valence-corrected chi connectivity index (χ2v) is 6.30. The number of nitrogens with two attached hydrogens (primary N) is 1. The van der Waals surface area contributed by atoms with Gasteiger partial charge < -0.3 is 20.8 Å². The van der Waals surface area contributed by atoms with E-state index in [1.165, 1.54) is 4.90 Å². The van der Waals surface area contributed by atoms with E-state index in [-0.39, 0.29) is 5.91 Å². The van der Waals surface area contributed by atoms with Crippen LogP contribution in [0.1, 0.15) is 51.9 Å². The Balaban J connectivity index is 2.51. The molecule has 0 unspecified atom stereocenters. The van der Waals surface area contributed by atoms with E-state index < -0.39 is 30.1 Å². The summed E-state index contributed by atoms with van der Waals surface area (Å²) < 4.78 is 0. The van der Waals surface area contributed by atoms with Gasteiger partial charge in [-0.15, -0.1) is 0 Å². The summed E-state index contributed by atoms with van der Waals surface area (Å²) in [4.78, 5) is 36.3. The molecule has 1 heterocycles. The van der Waals surface area contributed by atoms with Crippen LogP contribution < -0.4 is 11.1 Å². The highest BCUT2D eigenvalue weighted by atomic mass is 16.4. The lowest BCUT2D eigenvalue weighted by Gasteiger charge is -2.27. The molecule has 0 radical (unpaired) electrons. The second kappa shape index (κ2) is 10.2. The lowest BCUT2D eigenvalue weighted by atomic mass is 10.1. The molecule has 0 aromatic rings. The second-order valence-electron chi connectivity index (χ2n) is 6.30. The van der Waals surface area contributed by atoms with E-state index in [0.29, 0.717) is 32.4 Å². The third-order valence-corrected chi connectivity index (χ3v) is 4.39. The van der Waals surface area contributed by atoms with Gasteiger partial charge in [0.15, 0.2) is 0 Å². The molecule has 0 spiro atoms. The zero-order valence-electron chi connectivity index (χ0n) is 14.2. The first-order valence-corrected chi connectivity index (χ1v) is 8.60. The highest BCUT2D eigenvalue weighted by Gasteiger charge is 2.36. The minimum atomic E-state index is -1.01. The van der Waals surface area contributed by atoms with E-state index in [4.69, 9.17) is 10.8 Å². The Labute approximate surface area is 142 Å². The maximum absolute atomic E-state index is 12.4. The summed E-state index contributed by atoms with van der Waals surface area (Å²) in [5, 5.41) is 21.3. The van der Waals surface area contributed by atoms with Gasteiger partial charge in [0.2, 0.25) is 5.91 Å². The average Bonchev–Trinajstić information content (AvgIpc) is 3.02. The topological polar surface area (TPSA) is 133 Å². The Morgan fingerprint density at radius 3 is 2.46 bits per heavy atom. The van der Waals surface area contributed by atoms with E-state index in [1.807, 2.05) is 0 Å². The smallest absolute Gasteiger partial charge is 0.326 e. The number of hydrogen-bond donors (Lipinski definition) is 4. The fourth-order valence-corrected chi connectivity index (χ4v) is 3.03. The summed E-state index contributed by atoms with van der Waals surface area (Å²) in [5.74, 6) is -2.36. The van der Waals surface area contributed by atoms with Crippen molar-refractivity contribution < 1.29 is 24.6 Å². The number of nitrogens with one attached hydrogen (secondary N) is 1. The van der Waals surface area contributed by atoms with Crippen molar-refractivity contribution in [3.63, 3.8) is 0 Å². The van der Waals surface area contributed by atoms with Gasteiger partial charge in [-0.3, -0.25) is 14.9 Å². The molecule has 0 aromatic heterocycles. The number of amides is 1. The van der Waals surface area contributed by atoms with E-state index in [1.54, 1.807) is 6.92 Å². The van der Waals surface area contributed by atoms with Crippen molar-refractivity contribution in [3.05, 3.63) is 0 Å². The third-order valence-electron chi connectivity index (χ3n) is 4.39. The van der Waals surface area contributed by atoms with Crippen molar-refractivity contribution in [1.29, 1.82) is 0 Å². The molecule has 1 saturated heterocycles. The number of carbonyl (C=O) groups is 3. The molecule has 1 rings (SSSR count). The van der Waals surface area contributed by atoms with E-state index in [0.717, 1.165) is 25.7 Å². The van der Waals surface area contributed by atoms with Crippen molar-refractivity contribution >= 4 is 17.8 Å². The van der Waals surface area contributed by atoms with Crippen LogP contribution in [0.4, 0.5) is 0 Å². The van der Waals surface area contributed by atoms with Crippen molar-refractivity contribution in [2.75, 3.05) is 13.1 Å². The summed E-state index contributed by atoms with van der Waals surface area (Å²) in [5.41, 5.74) is 5.42. The molecule has 1 aliphatic rings. The van der Waals surface area contributed by atoms with Crippen LogP contribution in [0.2, 0.25) is 0 Å². The van der Waals surface area contributed by atoms with Gasteiger partial charge in [-0.25, -0.2) is 4.79 Å².